The Morgan fingerprint density at radius 1 is 1.11 bits per heavy atom. The topological polar surface area (TPSA) is 89.1 Å². The number of carboxylic acid groups (broad SMARTS) is 1. The highest BCUT2D eigenvalue weighted by molar-refractivity contribution is 5.88. The van der Waals surface area contributed by atoms with Crippen LogP contribution in [0.2, 0.25) is 0 Å². The molecule has 88 valence electrons. The number of carboxylic acids is 1. The zero-order valence-electron chi connectivity index (χ0n) is 9.07. The molecule has 6 heteroatoms. The predicted molar refractivity (Wildman–Crippen MR) is 62.0 cm³/mol. The molecule has 18 heavy (non-hydrogen) atoms. The van der Waals surface area contributed by atoms with Crippen molar-refractivity contribution >= 4 is 17.2 Å². The molecule has 0 saturated carbocycles. The molecule has 0 bridgehead atoms. The van der Waals surface area contributed by atoms with Gasteiger partial charge in [-0.05, 0) is 24.3 Å². The summed E-state index contributed by atoms with van der Waals surface area (Å²) in [4.78, 5) is 22.7. The highest BCUT2D eigenvalue weighted by atomic mass is 16.4. The monoisotopic (exact) mass is 241 g/mol. The minimum absolute atomic E-state index is 0.0583. The van der Waals surface area contributed by atoms with Crippen LogP contribution in [0.4, 0.5) is 0 Å². The average Bonchev–Trinajstić information content (AvgIpc) is 2.82. The van der Waals surface area contributed by atoms with Crippen LogP contribution < -0.4 is 0 Å². The summed E-state index contributed by atoms with van der Waals surface area (Å²) in [5.41, 5.74) is 1.44. The molecule has 0 atom stereocenters. The van der Waals surface area contributed by atoms with Crippen LogP contribution >= 0.6 is 0 Å². The van der Waals surface area contributed by atoms with Crippen molar-refractivity contribution in [3.8, 4) is 11.5 Å². The molecule has 0 aliphatic heterocycles. The summed E-state index contributed by atoms with van der Waals surface area (Å²) in [6.45, 7) is 0. The molecule has 0 unspecified atom stereocenters. The van der Waals surface area contributed by atoms with Gasteiger partial charge in [0, 0.05) is 18.0 Å². The lowest BCUT2D eigenvalue weighted by molar-refractivity contribution is 0.0691. The number of hydrogen-bond donors (Lipinski definition) is 1. The maximum absolute atomic E-state index is 10.8. The van der Waals surface area contributed by atoms with Gasteiger partial charge in [0.2, 0.25) is 5.89 Å². The van der Waals surface area contributed by atoms with Crippen LogP contribution in [-0.2, 0) is 0 Å². The lowest BCUT2D eigenvalue weighted by atomic mass is 10.3. The van der Waals surface area contributed by atoms with Crippen molar-refractivity contribution in [3.05, 3.63) is 42.4 Å². The number of hydrogen-bond acceptors (Lipinski definition) is 5. The van der Waals surface area contributed by atoms with Gasteiger partial charge in [0.25, 0.3) is 0 Å². The Morgan fingerprint density at radius 2 is 1.89 bits per heavy atom. The molecule has 3 rings (SSSR count). The van der Waals surface area contributed by atoms with Gasteiger partial charge in [-0.25, -0.2) is 9.78 Å². The van der Waals surface area contributed by atoms with E-state index in [1.54, 1.807) is 30.6 Å². The zero-order valence-corrected chi connectivity index (χ0v) is 9.07. The first-order chi connectivity index (χ1) is 8.74. The summed E-state index contributed by atoms with van der Waals surface area (Å²) in [6, 6.07) is 6.43. The third-order valence-corrected chi connectivity index (χ3v) is 2.40. The fourth-order valence-corrected chi connectivity index (χ4v) is 1.56. The van der Waals surface area contributed by atoms with E-state index >= 15 is 0 Å². The van der Waals surface area contributed by atoms with E-state index in [0.29, 0.717) is 11.5 Å². The number of aromatic nitrogens is 3. The Bertz CT molecular complexity index is 722. The quantitative estimate of drug-likeness (QED) is 0.737. The van der Waals surface area contributed by atoms with E-state index in [2.05, 4.69) is 15.0 Å². The smallest absolute Gasteiger partial charge is 0.354 e. The molecule has 0 radical (unpaired) electrons. The van der Waals surface area contributed by atoms with Gasteiger partial charge < -0.3 is 9.52 Å². The Balaban J connectivity index is 2.14. The summed E-state index contributed by atoms with van der Waals surface area (Å²) in [7, 11) is 0. The molecule has 0 amide bonds. The number of aromatic carboxylic acids is 1. The van der Waals surface area contributed by atoms with Crippen molar-refractivity contribution in [2.24, 2.45) is 0 Å². The van der Waals surface area contributed by atoms with Gasteiger partial charge in [-0.1, -0.05) is 0 Å². The van der Waals surface area contributed by atoms with Gasteiger partial charge in [0.05, 0.1) is 0 Å². The first kappa shape index (κ1) is 10.4. The van der Waals surface area contributed by atoms with E-state index < -0.39 is 5.97 Å². The summed E-state index contributed by atoms with van der Waals surface area (Å²) in [6.07, 6.45) is 3.25. The number of carbonyl (C=O) groups is 1. The second-order valence-corrected chi connectivity index (χ2v) is 3.58. The summed E-state index contributed by atoms with van der Waals surface area (Å²) in [5.74, 6) is -0.701. The van der Waals surface area contributed by atoms with Crippen LogP contribution in [-0.4, -0.2) is 26.0 Å². The molecule has 0 aliphatic carbocycles. The van der Waals surface area contributed by atoms with Crippen LogP contribution in [0.1, 0.15) is 10.5 Å². The fraction of sp³-hybridized carbons (Fsp3) is 0. The second kappa shape index (κ2) is 3.92. The number of fused-ring (bicyclic) bond motifs is 1. The molecule has 3 aromatic heterocycles. The van der Waals surface area contributed by atoms with Crippen LogP contribution in [0.25, 0.3) is 22.7 Å². The molecule has 3 aromatic rings. The highest BCUT2D eigenvalue weighted by Crippen LogP contribution is 2.22. The third kappa shape index (κ3) is 1.69. The van der Waals surface area contributed by atoms with E-state index in [-0.39, 0.29) is 11.3 Å². The van der Waals surface area contributed by atoms with Gasteiger partial charge in [-0.2, -0.15) is 4.98 Å². The van der Waals surface area contributed by atoms with E-state index in [4.69, 9.17) is 9.52 Å². The average molecular weight is 241 g/mol. The standard InChI is InChI=1S/C12H7N3O3/c16-12(17)8-1-2-9-10(14-8)15-11(18-9)7-3-5-13-6-4-7/h1-6H,(H,16,17). The Hall–Kier alpha value is -2.76. The van der Waals surface area contributed by atoms with Crippen molar-refractivity contribution in [2.45, 2.75) is 0 Å². The molecule has 0 aromatic carbocycles. The van der Waals surface area contributed by atoms with Gasteiger partial charge in [-0.3, -0.25) is 4.98 Å². The Kier molecular flexibility index (Phi) is 2.26. The summed E-state index contributed by atoms with van der Waals surface area (Å²) in [5, 5.41) is 8.84. The molecule has 0 saturated heterocycles. The van der Waals surface area contributed by atoms with Crippen molar-refractivity contribution < 1.29 is 14.3 Å². The maximum Gasteiger partial charge on any atom is 0.354 e. The minimum Gasteiger partial charge on any atom is -0.477 e. The SMILES string of the molecule is O=C(O)c1ccc2oc(-c3ccncc3)nc2n1. The molecule has 6 nitrogen and oxygen atoms in total. The largest absolute Gasteiger partial charge is 0.477 e. The molecule has 3 heterocycles. The second-order valence-electron chi connectivity index (χ2n) is 3.58. The first-order valence-electron chi connectivity index (χ1n) is 5.15. The number of oxazole rings is 1. The summed E-state index contributed by atoms with van der Waals surface area (Å²) >= 11 is 0. The van der Waals surface area contributed by atoms with Crippen LogP contribution in [0, 0.1) is 0 Å². The third-order valence-electron chi connectivity index (χ3n) is 2.40. The van der Waals surface area contributed by atoms with Gasteiger partial charge in [-0.15, -0.1) is 0 Å². The van der Waals surface area contributed by atoms with Gasteiger partial charge in [0.1, 0.15) is 0 Å². The van der Waals surface area contributed by atoms with Crippen LogP contribution in [0.3, 0.4) is 0 Å². The molecule has 0 aliphatic rings. The molecular formula is C12H7N3O3. The van der Waals surface area contributed by atoms with Crippen LogP contribution in [0.15, 0.2) is 41.1 Å². The maximum atomic E-state index is 10.8. The first-order valence-corrected chi connectivity index (χ1v) is 5.15. The minimum atomic E-state index is -1.09. The molecule has 0 fully saturated rings. The van der Waals surface area contributed by atoms with Crippen LogP contribution in [0.5, 0.6) is 0 Å². The lowest BCUT2D eigenvalue weighted by Crippen LogP contribution is -1.99. The highest BCUT2D eigenvalue weighted by Gasteiger charge is 2.12. The number of nitrogens with zero attached hydrogens (tertiary/aromatic N) is 3. The van der Waals surface area contributed by atoms with Crippen molar-refractivity contribution in [1.82, 2.24) is 15.0 Å². The van der Waals surface area contributed by atoms with Gasteiger partial charge in [0.15, 0.2) is 16.9 Å². The fourth-order valence-electron chi connectivity index (χ4n) is 1.56. The lowest BCUT2D eigenvalue weighted by Gasteiger charge is -1.90. The Labute approximate surface area is 101 Å². The van der Waals surface area contributed by atoms with Crippen molar-refractivity contribution in [2.75, 3.05) is 0 Å². The van der Waals surface area contributed by atoms with Crippen molar-refractivity contribution in [1.29, 1.82) is 0 Å². The Morgan fingerprint density at radius 3 is 2.61 bits per heavy atom. The summed E-state index contributed by atoms with van der Waals surface area (Å²) < 4.78 is 5.49. The predicted octanol–water partition coefficient (Wildman–Crippen LogP) is 1.98. The van der Waals surface area contributed by atoms with Gasteiger partial charge >= 0.3 is 5.97 Å². The van der Waals surface area contributed by atoms with E-state index in [9.17, 15) is 4.79 Å². The normalized spacial score (nSPS) is 10.7. The molecule has 0 spiro atoms. The van der Waals surface area contributed by atoms with E-state index in [0.717, 1.165) is 5.56 Å². The van der Waals surface area contributed by atoms with Crippen molar-refractivity contribution in [3.63, 3.8) is 0 Å². The zero-order chi connectivity index (χ0) is 12.5. The number of rotatable bonds is 2. The van der Waals surface area contributed by atoms with E-state index in [1.165, 1.54) is 6.07 Å². The van der Waals surface area contributed by atoms with E-state index in [1.807, 2.05) is 0 Å². The molecular weight excluding hydrogens is 234 g/mol. The molecule has 1 N–H and O–H groups in total. The number of pyridine rings is 2.